The number of aromatic hydroxyl groups is 1. The molecular formula is C40H56O. The number of phenols is 1. The lowest BCUT2D eigenvalue weighted by Gasteiger charge is -2.63. The van der Waals surface area contributed by atoms with E-state index in [2.05, 4.69) is 20.8 Å². The lowest BCUT2D eigenvalue weighted by molar-refractivity contribution is -0.0196. The van der Waals surface area contributed by atoms with E-state index in [0.29, 0.717) is 16.7 Å². The second-order valence-corrected chi connectivity index (χ2v) is 19.3. The molecule has 12 saturated carbocycles. The Morgan fingerprint density at radius 1 is 0.463 bits per heavy atom. The van der Waals surface area contributed by atoms with Crippen molar-refractivity contribution in [3.8, 4) is 5.75 Å². The van der Waals surface area contributed by atoms with Crippen LogP contribution in [0.25, 0.3) is 0 Å². The van der Waals surface area contributed by atoms with Gasteiger partial charge in [-0.05, 0) is 215 Å². The van der Waals surface area contributed by atoms with Gasteiger partial charge in [-0.1, -0.05) is 13.8 Å². The van der Waals surface area contributed by atoms with Crippen molar-refractivity contribution in [3.05, 3.63) is 27.8 Å². The normalized spacial score (nSPS) is 51.9. The van der Waals surface area contributed by atoms with Gasteiger partial charge in [-0.15, -0.1) is 0 Å². The van der Waals surface area contributed by atoms with Gasteiger partial charge < -0.3 is 5.11 Å². The fraction of sp³-hybridized carbons (Fsp3) is 0.850. The van der Waals surface area contributed by atoms with Crippen LogP contribution in [0.1, 0.15) is 163 Å². The molecule has 0 heterocycles. The molecule has 0 aliphatic heterocycles. The molecule has 0 unspecified atom stereocenters. The highest BCUT2D eigenvalue weighted by Crippen LogP contribution is 2.70. The third-order valence-electron chi connectivity index (χ3n) is 16.0. The quantitative estimate of drug-likeness (QED) is 0.394. The van der Waals surface area contributed by atoms with E-state index in [-0.39, 0.29) is 5.41 Å². The van der Waals surface area contributed by atoms with E-state index < -0.39 is 0 Å². The Morgan fingerprint density at radius 2 is 0.732 bits per heavy atom. The third kappa shape index (κ3) is 3.37. The molecule has 222 valence electrons. The molecule has 0 radical (unpaired) electrons. The van der Waals surface area contributed by atoms with Crippen molar-refractivity contribution in [1.29, 1.82) is 0 Å². The summed E-state index contributed by atoms with van der Waals surface area (Å²) in [5.74, 6) is 9.89. The number of rotatable bonds is 4. The average molecular weight is 553 g/mol. The van der Waals surface area contributed by atoms with Crippen LogP contribution in [0, 0.1) is 60.2 Å². The molecule has 0 aromatic heterocycles. The molecule has 1 N–H and O–H groups in total. The van der Waals surface area contributed by atoms with E-state index in [1.807, 2.05) is 5.56 Å². The van der Waals surface area contributed by atoms with Crippen LogP contribution in [-0.2, 0) is 16.2 Å². The van der Waals surface area contributed by atoms with Crippen LogP contribution < -0.4 is 0 Å². The molecule has 13 rings (SSSR count). The molecule has 0 saturated heterocycles. The highest BCUT2D eigenvalue weighted by molar-refractivity contribution is 5.64. The van der Waals surface area contributed by atoms with Crippen LogP contribution in [0.15, 0.2) is 0 Å². The van der Waals surface area contributed by atoms with Gasteiger partial charge in [-0.25, -0.2) is 0 Å². The van der Waals surface area contributed by atoms with Crippen molar-refractivity contribution in [3.63, 3.8) is 0 Å². The molecule has 0 amide bonds. The van der Waals surface area contributed by atoms with Crippen molar-refractivity contribution in [1.82, 2.24) is 0 Å². The summed E-state index contributed by atoms with van der Waals surface area (Å²) in [5.41, 5.74) is 9.42. The summed E-state index contributed by atoms with van der Waals surface area (Å²) in [4.78, 5) is 0. The molecule has 0 spiro atoms. The molecule has 1 aromatic rings. The van der Waals surface area contributed by atoms with E-state index in [4.69, 9.17) is 0 Å². The fourth-order valence-corrected chi connectivity index (χ4v) is 16.5. The van der Waals surface area contributed by atoms with Gasteiger partial charge in [-0.2, -0.15) is 0 Å². The summed E-state index contributed by atoms with van der Waals surface area (Å²) < 4.78 is 0. The number of hydrogen-bond donors (Lipinski definition) is 1. The lowest BCUT2D eigenvalue weighted by Crippen LogP contribution is -2.54. The standard InChI is InChI=1S/C40H56O/c1-22(2)33-35(39-16-27-7-28(17-39)9-29(8-27)18-39)34(38-13-24-4-25(14-38)6-26(5-24)15-38)23(3)37(41)36(33)40-19-30-10-31(20-40)12-32(11-30)21-40/h22,24-32,41H,4-21H2,1-3H3. The Bertz CT molecular complexity index is 1190. The van der Waals surface area contributed by atoms with E-state index in [9.17, 15) is 5.11 Å². The van der Waals surface area contributed by atoms with Gasteiger partial charge in [-0.3, -0.25) is 0 Å². The van der Waals surface area contributed by atoms with Gasteiger partial charge in [0.1, 0.15) is 5.75 Å². The summed E-state index contributed by atoms with van der Waals surface area (Å²) in [6, 6.07) is 0. The van der Waals surface area contributed by atoms with Crippen LogP contribution in [0.2, 0.25) is 0 Å². The zero-order valence-electron chi connectivity index (χ0n) is 26.4. The maximum Gasteiger partial charge on any atom is 0.122 e. The topological polar surface area (TPSA) is 20.2 Å². The average Bonchev–Trinajstić information content (AvgIpc) is 2.87. The Hall–Kier alpha value is -0.980. The second-order valence-electron chi connectivity index (χ2n) is 19.3. The number of hydrogen-bond acceptors (Lipinski definition) is 1. The van der Waals surface area contributed by atoms with Gasteiger partial charge in [0.05, 0.1) is 0 Å². The summed E-state index contributed by atoms with van der Waals surface area (Å²) in [7, 11) is 0. The molecule has 12 aliphatic rings. The van der Waals surface area contributed by atoms with Gasteiger partial charge in [0, 0.05) is 11.0 Å². The predicted octanol–water partition coefficient (Wildman–Crippen LogP) is 10.2. The first-order chi connectivity index (χ1) is 19.7. The van der Waals surface area contributed by atoms with E-state index in [0.717, 1.165) is 59.0 Å². The first kappa shape index (κ1) is 25.4. The van der Waals surface area contributed by atoms with Crippen molar-refractivity contribution in [2.24, 2.45) is 53.3 Å². The maximum atomic E-state index is 12.8. The van der Waals surface area contributed by atoms with Gasteiger partial charge >= 0.3 is 0 Å². The minimum absolute atomic E-state index is 0.264. The van der Waals surface area contributed by atoms with Crippen molar-refractivity contribution < 1.29 is 5.11 Å². The summed E-state index contributed by atoms with van der Waals surface area (Å²) in [6.07, 6.45) is 26.5. The summed E-state index contributed by atoms with van der Waals surface area (Å²) in [5, 5.41) is 12.8. The van der Waals surface area contributed by atoms with Gasteiger partial charge in [0.25, 0.3) is 0 Å². The Labute approximate surface area is 250 Å². The molecule has 12 fully saturated rings. The minimum atomic E-state index is 0.264. The van der Waals surface area contributed by atoms with Crippen LogP contribution in [-0.4, -0.2) is 5.11 Å². The van der Waals surface area contributed by atoms with Crippen molar-refractivity contribution >= 4 is 0 Å². The van der Waals surface area contributed by atoms with E-state index >= 15 is 0 Å². The van der Waals surface area contributed by atoms with Crippen molar-refractivity contribution in [2.75, 3.05) is 0 Å². The van der Waals surface area contributed by atoms with Gasteiger partial charge in [0.15, 0.2) is 0 Å². The van der Waals surface area contributed by atoms with E-state index in [1.165, 1.54) is 121 Å². The molecule has 1 nitrogen and oxygen atoms in total. The Morgan fingerprint density at radius 3 is 1.02 bits per heavy atom. The lowest BCUT2D eigenvalue weighted by atomic mass is 9.42. The zero-order valence-corrected chi connectivity index (χ0v) is 26.4. The highest BCUT2D eigenvalue weighted by Gasteiger charge is 2.60. The molecule has 12 bridgehead atoms. The van der Waals surface area contributed by atoms with Crippen LogP contribution >= 0.6 is 0 Å². The number of phenolic OH excluding ortho intramolecular Hbond substituents is 1. The first-order valence-electron chi connectivity index (χ1n) is 18.6. The molecule has 12 aliphatic carbocycles. The molecular weight excluding hydrogens is 496 g/mol. The van der Waals surface area contributed by atoms with Crippen LogP contribution in [0.4, 0.5) is 0 Å². The largest absolute Gasteiger partial charge is 0.507 e. The molecule has 41 heavy (non-hydrogen) atoms. The number of benzene rings is 1. The molecule has 0 atom stereocenters. The first-order valence-corrected chi connectivity index (χ1v) is 18.6. The zero-order chi connectivity index (χ0) is 27.5. The molecule has 1 aromatic carbocycles. The second kappa shape index (κ2) is 8.18. The van der Waals surface area contributed by atoms with Gasteiger partial charge in [0.2, 0.25) is 0 Å². The van der Waals surface area contributed by atoms with Crippen molar-refractivity contribution in [2.45, 2.75) is 159 Å². The Balaban J connectivity index is 1.26. The fourth-order valence-electron chi connectivity index (χ4n) is 16.5. The predicted molar refractivity (Wildman–Crippen MR) is 166 cm³/mol. The monoisotopic (exact) mass is 552 g/mol. The van der Waals surface area contributed by atoms with E-state index in [1.54, 1.807) is 16.7 Å². The smallest absolute Gasteiger partial charge is 0.122 e. The minimum Gasteiger partial charge on any atom is -0.507 e. The molecule has 1 heteroatoms. The van der Waals surface area contributed by atoms with Crippen LogP contribution in [0.3, 0.4) is 0 Å². The maximum absolute atomic E-state index is 12.8. The Kier molecular flexibility index (Phi) is 5.06. The summed E-state index contributed by atoms with van der Waals surface area (Å²) >= 11 is 0. The summed E-state index contributed by atoms with van der Waals surface area (Å²) in [6.45, 7) is 7.53. The SMILES string of the molecule is Cc1c(O)c(C23CC4CC(CC(C4)C2)C3)c(C(C)C)c(C23CC4CC(CC(C4)C2)C3)c1C12CC3CC(CC(C3)C1)C2. The van der Waals surface area contributed by atoms with Crippen LogP contribution in [0.5, 0.6) is 5.75 Å². The highest BCUT2D eigenvalue weighted by atomic mass is 16.3. The third-order valence-corrected chi connectivity index (χ3v) is 16.0.